The summed E-state index contributed by atoms with van der Waals surface area (Å²) in [7, 11) is 0. The van der Waals surface area contributed by atoms with E-state index in [9.17, 15) is 45.3 Å². The average molecular weight is 919 g/mol. The highest BCUT2D eigenvalue weighted by Gasteiger charge is 2.47. The molecule has 2 aliphatic rings. The highest BCUT2D eigenvalue weighted by molar-refractivity contribution is 5.70. The van der Waals surface area contributed by atoms with Crippen LogP contribution in [0.3, 0.4) is 0 Å². The Hall–Kier alpha value is -1.76. The minimum Gasteiger partial charge on any atom is -0.462 e. The lowest BCUT2D eigenvalue weighted by Gasteiger charge is -2.42. The number of aliphatic hydroxyl groups is 7. The first-order valence-electron chi connectivity index (χ1n) is 25.3. The van der Waals surface area contributed by atoms with Crippen LogP contribution in [0.25, 0.3) is 0 Å². The number of hydrogen-bond donors (Lipinski definition) is 7. The van der Waals surface area contributed by atoms with Crippen LogP contribution in [0, 0.1) is 0 Å². The number of rotatable bonds is 39. The molecule has 64 heavy (non-hydrogen) atoms. The van der Waals surface area contributed by atoms with E-state index in [1.165, 1.54) is 109 Å². The maximum Gasteiger partial charge on any atom is 0.306 e. The number of allylic oxidation sites excluding steroid dienone is 2. The molecule has 0 aromatic rings. The topological polar surface area (TPSA) is 231 Å². The summed E-state index contributed by atoms with van der Waals surface area (Å²) < 4.78 is 33.5. The van der Waals surface area contributed by atoms with E-state index in [1.807, 2.05) is 0 Å². The first kappa shape index (κ1) is 58.4. The number of esters is 2. The van der Waals surface area contributed by atoms with Gasteiger partial charge in [-0.1, -0.05) is 154 Å². The molecule has 15 heteroatoms. The lowest BCUT2D eigenvalue weighted by atomic mass is 9.98. The molecule has 0 saturated carbocycles. The Morgan fingerprint density at radius 3 is 1.38 bits per heavy atom. The molecule has 2 heterocycles. The lowest BCUT2D eigenvalue weighted by molar-refractivity contribution is -0.332. The number of carbonyl (C=O) groups is 2. The molecule has 0 spiro atoms. The van der Waals surface area contributed by atoms with Gasteiger partial charge in [-0.05, 0) is 38.5 Å². The van der Waals surface area contributed by atoms with Gasteiger partial charge in [0.05, 0.1) is 19.8 Å². The number of unbranched alkanes of at least 4 members (excludes halogenated alkanes) is 23. The van der Waals surface area contributed by atoms with Gasteiger partial charge < -0.3 is 64.2 Å². The van der Waals surface area contributed by atoms with Crippen molar-refractivity contribution < 1.29 is 73.8 Å². The highest BCUT2D eigenvalue weighted by atomic mass is 16.7. The summed E-state index contributed by atoms with van der Waals surface area (Å²) in [6, 6.07) is 0. The Bertz CT molecular complexity index is 1170. The van der Waals surface area contributed by atoms with Crippen LogP contribution in [0.4, 0.5) is 0 Å². The number of carbonyl (C=O) groups excluding carboxylic acids is 2. The van der Waals surface area contributed by atoms with Crippen molar-refractivity contribution >= 4 is 11.9 Å². The largest absolute Gasteiger partial charge is 0.462 e. The summed E-state index contributed by atoms with van der Waals surface area (Å²) in [4.78, 5) is 25.6. The normalized spacial score (nSPS) is 26.6. The zero-order valence-corrected chi connectivity index (χ0v) is 39.5. The smallest absolute Gasteiger partial charge is 0.306 e. The standard InChI is InChI=1S/C49H90O15/c1-3-5-7-9-11-13-14-15-16-17-18-19-20-21-22-24-26-28-30-32-41(52)62-37(34-59-40(51)31-29-27-25-23-12-10-8-6-4-2)35-60-48-47(58)45(56)43(54)39(64-48)36-61-49-46(57)44(55)42(53)38(33-50)63-49/h15-16,37-39,42-50,53-58H,3-14,17-36H2,1-2H3/b16-15+/t37-,38+,39+,42-,43-,44?,45?,46?,47?,48+,49+/m1/s1. The van der Waals surface area contributed by atoms with Crippen LogP contribution < -0.4 is 0 Å². The van der Waals surface area contributed by atoms with E-state index in [0.717, 1.165) is 44.9 Å². The molecule has 0 bridgehead atoms. The first-order valence-corrected chi connectivity index (χ1v) is 25.3. The predicted molar refractivity (Wildman–Crippen MR) is 243 cm³/mol. The second-order valence-electron chi connectivity index (χ2n) is 18.0. The second kappa shape index (κ2) is 37.2. The van der Waals surface area contributed by atoms with Crippen LogP contribution in [0.5, 0.6) is 0 Å². The molecule has 2 fully saturated rings. The number of aliphatic hydroxyl groups excluding tert-OH is 7. The van der Waals surface area contributed by atoms with E-state index in [0.29, 0.717) is 12.8 Å². The Labute approximate surface area is 384 Å². The summed E-state index contributed by atoms with van der Waals surface area (Å²) >= 11 is 0. The summed E-state index contributed by atoms with van der Waals surface area (Å²) in [6.45, 7) is 2.57. The Morgan fingerprint density at radius 1 is 0.484 bits per heavy atom. The van der Waals surface area contributed by atoms with Crippen LogP contribution in [0.2, 0.25) is 0 Å². The van der Waals surface area contributed by atoms with Crippen molar-refractivity contribution in [3.63, 3.8) is 0 Å². The molecule has 0 amide bonds. The minimum atomic E-state index is -1.76. The van der Waals surface area contributed by atoms with Gasteiger partial charge in [0.2, 0.25) is 0 Å². The Kier molecular flexibility index (Phi) is 34.0. The van der Waals surface area contributed by atoms with Gasteiger partial charge in [-0.2, -0.15) is 0 Å². The van der Waals surface area contributed by atoms with Crippen molar-refractivity contribution in [1.82, 2.24) is 0 Å². The first-order chi connectivity index (χ1) is 31.0. The van der Waals surface area contributed by atoms with E-state index >= 15 is 0 Å². The van der Waals surface area contributed by atoms with Crippen molar-refractivity contribution in [2.75, 3.05) is 26.4 Å². The summed E-state index contributed by atoms with van der Waals surface area (Å²) in [5.41, 5.74) is 0. The summed E-state index contributed by atoms with van der Waals surface area (Å²) in [5.74, 6) is -0.923. The highest BCUT2D eigenvalue weighted by Crippen LogP contribution is 2.26. The lowest BCUT2D eigenvalue weighted by Crippen LogP contribution is -2.61. The number of ether oxygens (including phenoxy) is 6. The monoisotopic (exact) mass is 919 g/mol. The molecular weight excluding hydrogens is 829 g/mol. The van der Waals surface area contributed by atoms with E-state index in [4.69, 9.17) is 28.4 Å². The van der Waals surface area contributed by atoms with Crippen molar-refractivity contribution in [3.05, 3.63) is 12.2 Å². The van der Waals surface area contributed by atoms with Gasteiger partial charge >= 0.3 is 11.9 Å². The molecule has 7 N–H and O–H groups in total. The van der Waals surface area contributed by atoms with Crippen molar-refractivity contribution in [2.24, 2.45) is 0 Å². The molecule has 2 saturated heterocycles. The van der Waals surface area contributed by atoms with Gasteiger partial charge in [-0.25, -0.2) is 0 Å². The maximum absolute atomic E-state index is 13.0. The molecule has 0 aromatic carbocycles. The van der Waals surface area contributed by atoms with Gasteiger partial charge in [0, 0.05) is 12.8 Å². The Balaban J connectivity index is 1.78. The zero-order chi connectivity index (χ0) is 46.8. The van der Waals surface area contributed by atoms with Gasteiger partial charge in [-0.15, -0.1) is 0 Å². The molecule has 2 rings (SSSR count). The fourth-order valence-corrected chi connectivity index (χ4v) is 8.04. The quantitative estimate of drug-likeness (QED) is 0.0196. The van der Waals surface area contributed by atoms with Gasteiger partial charge in [0.25, 0.3) is 0 Å². The van der Waals surface area contributed by atoms with Crippen LogP contribution in [0.15, 0.2) is 12.2 Å². The van der Waals surface area contributed by atoms with E-state index in [2.05, 4.69) is 26.0 Å². The SMILES string of the molecule is CCCCCCCC/C=C/CCCCCCCCCCCC(=O)O[C@H](COC(=O)CCCCCCCCCCC)CO[C@H]1O[C@@H](CO[C@H]2O[C@@H](CO)[C@@H](O)C(O)C2O)[C@@H](O)C(O)C1O. The molecular formula is C49H90O15. The predicted octanol–water partition coefficient (Wildman–Crippen LogP) is 6.60. The minimum absolute atomic E-state index is 0.167. The third kappa shape index (κ3) is 25.4. The molecule has 0 aromatic heterocycles. The van der Waals surface area contributed by atoms with Gasteiger partial charge in [-0.3, -0.25) is 9.59 Å². The molecule has 2 aliphatic heterocycles. The van der Waals surface area contributed by atoms with Crippen molar-refractivity contribution in [2.45, 2.75) is 261 Å². The molecule has 0 aliphatic carbocycles. The molecule has 376 valence electrons. The van der Waals surface area contributed by atoms with E-state index in [1.54, 1.807) is 0 Å². The third-order valence-electron chi connectivity index (χ3n) is 12.2. The fourth-order valence-electron chi connectivity index (χ4n) is 8.04. The summed E-state index contributed by atoms with van der Waals surface area (Å²) in [6.07, 6.45) is 18.3. The molecule has 11 atom stereocenters. The maximum atomic E-state index is 13.0. The van der Waals surface area contributed by atoms with Crippen LogP contribution in [-0.4, -0.2) is 142 Å². The third-order valence-corrected chi connectivity index (χ3v) is 12.2. The zero-order valence-electron chi connectivity index (χ0n) is 39.5. The van der Waals surface area contributed by atoms with Crippen molar-refractivity contribution in [3.8, 4) is 0 Å². The van der Waals surface area contributed by atoms with Crippen LogP contribution >= 0.6 is 0 Å². The van der Waals surface area contributed by atoms with Crippen molar-refractivity contribution in [1.29, 1.82) is 0 Å². The Morgan fingerprint density at radius 2 is 0.891 bits per heavy atom. The van der Waals surface area contributed by atoms with Crippen LogP contribution in [0.1, 0.15) is 194 Å². The van der Waals surface area contributed by atoms with E-state index < -0.39 is 92.7 Å². The molecule has 0 radical (unpaired) electrons. The second-order valence-corrected chi connectivity index (χ2v) is 18.0. The molecule has 15 nitrogen and oxygen atoms in total. The fraction of sp³-hybridized carbons (Fsp3) is 0.918. The van der Waals surface area contributed by atoms with Crippen LogP contribution in [-0.2, 0) is 38.0 Å². The molecule has 4 unspecified atom stereocenters. The summed E-state index contributed by atoms with van der Waals surface area (Å²) in [5, 5.41) is 71.9. The van der Waals surface area contributed by atoms with E-state index in [-0.39, 0.29) is 26.1 Å². The average Bonchev–Trinajstić information content (AvgIpc) is 3.29. The number of hydrogen-bond acceptors (Lipinski definition) is 15. The van der Waals surface area contributed by atoms with Gasteiger partial charge in [0.15, 0.2) is 18.7 Å². The van der Waals surface area contributed by atoms with Gasteiger partial charge in [0.1, 0.15) is 55.4 Å².